The first-order chi connectivity index (χ1) is 11.3. The number of alkyl halides is 3. The fourth-order valence-electron chi connectivity index (χ4n) is 2.24. The van der Waals surface area contributed by atoms with Crippen molar-refractivity contribution in [1.29, 1.82) is 0 Å². The molecule has 0 heterocycles. The lowest BCUT2D eigenvalue weighted by Gasteiger charge is -2.18. The number of hydrogen-bond acceptors (Lipinski definition) is 2. The van der Waals surface area contributed by atoms with E-state index >= 15 is 0 Å². The molecular weight excluding hydrogens is 317 g/mol. The maximum Gasteiger partial charge on any atom is 0.390 e. The summed E-state index contributed by atoms with van der Waals surface area (Å²) in [7, 11) is 1.63. The minimum atomic E-state index is -4.16. The lowest BCUT2D eigenvalue weighted by atomic mass is 10.1. The van der Waals surface area contributed by atoms with Crippen LogP contribution in [0.15, 0.2) is 54.6 Å². The number of halogens is 3. The van der Waals surface area contributed by atoms with Crippen molar-refractivity contribution in [2.24, 2.45) is 0 Å². The number of carbonyl (C=O) groups excluding carboxylic acids is 1. The second-order valence-electron chi connectivity index (χ2n) is 5.62. The molecule has 0 saturated heterocycles. The zero-order chi connectivity index (χ0) is 17.6. The number of benzene rings is 2. The Bertz CT molecular complexity index is 671. The van der Waals surface area contributed by atoms with E-state index in [0.717, 1.165) is 5.56 Å². The molecule has 128 valence electrons. The third kappa shape index (κ3) is 6.04. The molecule has 24 heavy (non-hydrogen) atoms. The Labute approximate surface area is 139 Å². The summed E-state index contributed by atoms with van der Waals surface area (Å²) in [6.07, 6.45) is -5.01. The van der Waals surface area contributed by atoms with Gasteiger partial charge in [0.05, 0.1) is 6.42 Å². The Morgan fingerprint density at radius 3 is 2.46 bits per heavy atom. The van der Waals surface area contributed by atoms with Crippen LogP contribution in [0.25, 0.3) is 0 Å². The van der Waals surface area contributed by atoms with E-state index in [4.69, 9.17) is 0 Å². The van der Waals surface area contributed by atoms with Crippen LogP contribution < -0.4 is 5.32 Å². The van der Waals surface area contributed by atoms with Crippen molar-refractivity contribution in [1.82, 2.24) is 4.90 Å². The molecule has 6 heteroatoms. The third-order valence-electron chi connectivity index (χ3n) is 3.45. The van der Waals surface area contributed by atoms with Crippen LogP contribution in [0, 0.1) is 0 Å². The average molecular weight is 336 g/mol. The number of nitrogens with zero attached hydrogens (tertiary/aromatic N) is 1. The molecule has 0 aliphatic rings. The average Bonchev–Trinajstić information content (AvgIpc) is 2.53. The van der Waals surface area contributed by atoms with Crippen molar-refractivity contribution in [2.45, 2.75) is 19.1 Å². The highest BCUT2D eigenvalue weighted by Gasteiger charge is 2.27. The normalized spacial score (nSPS) is 11.5. The summed E-state index contributed by atoms with van der Waals surface area (Å²) >= 11 is 0. The summed E-state index contributed by atoms with van der Waals surface area (Å²) in [4.78, 5) is 13.8. The lowest BCUT2D eigenvalue weighted by molar-refractivity contribution is -0.137. The van der Waals surface area contributed by atoms with E-state index in [2.05, 4.69) is 5.32 Å². The van der Waals surface area contributed by atoms with Gasteiger partial charge in [-0.05, 0) is 36.9 Å². The van der Waals surface area contributed by atoms with Gasteiger partial charge in [0.15, 0.2) is 0 Å². The van der Waals surface area contributed by atoms with Gasteiger partial charge in [-0.2, -0.15) is 13.2 Å². The molecule has 0 bridgehead atoms. The van der Waals surface area contributed by atoms with E-state index in [0.29, 0.717) is 17.8 Å². The van der Waals surface area contributed by atoms with Gasteiger partial charge >= 0.3 is 6.18 Å². The number of anilines is 1. The zero-order valence-electron chi connectivity index (χ0n) is 13.3. The van der Waals surface area contributed by atoms with E-state index in [1.807, 2.05) is 18.2 Å². The van der Waals surface area contributed by atoms with Gasteiger partial charge in [0.2, 0.25) is 0 Å². The van der Waals surface area contributed by atoms with Gasteiger partial charge in [-0.1, -0.05) is 30.3 Å². The second-order valence-corrected chi connectivity index (χ2v) is 5.62. The molecule has 0 unspecified atom stereocenters. The Morgan fingerprint density at radius 1 is 1.08 bits per heavy atom. The van der Waals surface area contributed by atoms with Gasteiger partial charge in [-0.3, -0.25) is 4.79 Å². The highest BCUT2D eigenvalue weighted by atomic mass is 19.4. The van der Waals surface area contributed by atoms with Gasteiger partial charge in [0, 0.05) is 24.3 Å². The molecule has 3 nitrogen and oxygen atoms in total. The molecule has 0 spiro atoms. The molecule has 0 fully saturated rings. The molecule has 0 radical (unpaired) electrons. The van der Waals surface area contributed by atoms with Crippen LogP contribution in [0.4, 0.5) is 18.9 Å². The van der Waals surface area contributed by atoms with Crippen molar-refractivity contribution < 1.29 is 18.0 Å². The molecular formula is C18H19F3N2O. The largest absolute Gasteiger partial charge is 0.390 e. The predicted molar refractivity (Wildman–Crippen MR) is 87.8 cm³/mol. The third-order valence-corrected chi connectivity index (χ3v) is 3.45. The Hall–Kier alpha value is -2.34. The molecule has 0 aliphatic carbocycles. The summed E-state index contributed by atoms with van der Waals surface area (Å²) in [5.41, 5.74) is 1.95. The van der Waals surface area contributed by atoms with Crippen LogP contribution in [-0.2, 0) is 6.54 Å². The van der Waals surface area contributed by atoms with Crippen LogP contribution >= 0.6 is 0 Å². The highest BCUT2D eigenvalue weighted by Crippen LogP contribution is 2.20. The van der Waals surface area contributed by atoms with Crippen molar-refractivity contribution >= 4 is 11.6 Å². The minimum Gasteiger partial charge on any atom is -0.322 e. The summed E-state index contributed by atoms with van der Waals surface area (Å²) < 4.78 is 36.8. The number of rotatable bonds is 6. The molecule has 0 aromatic heterocycles. The first-order valence-electron chi connectivity index (χ1n) is 7.54. The fourth-order valence-corrected chi connectivity index (χ4v) is 2.24. The number of para-hydroxylation sites is 1. The van der Waals surface area contributed by atoms with E-state index < -0.39 is 12.6 Å². The first-order valence-corrected chi connectivity index (χ1v) is 7.54. The Kier molecular flexibility index (Phi) is 5.98. The van der Waals surface area contributed by atoms with Crippen LogP contribution in [-0.4, -0.2) is 30.6 Å². The first kappa shape index (κ1) is 18.0. The molecule has 1 N–H and O–H groups in total. The van der Waals surface area contributed by atoms with Gasteiger partial charge in [0.1, 0.15) is 0 Å². The monoisotopic (exact) mass is 336 g/mol. The maximum absolute atomic E-state index is 12.3. The minimum absolute atomic E-state index is 0.0794. The predicted octanol–water partition coefficient (Wildman–Crippen LogP) is 4.32. The highest BCUT2D eigenvalue weighted by molar-refractivity contribution is 6.04. The van der Waals surface area contributed by atoms with E-state index in [1.165, 1.54) is 0 Å². The Balaban J connectivity index is 1.97. The quantitative estimate of drug-likeness (QED) is 0.852. The van der Waals surface area contributed by atoms with Gasteiger partial charge in [-0.25, -0.2) is 0 Å². The van der Waals surface area contributed by atoms with Gasteiger partial charge in [-0.15, -0.1) is 0 Å². The fraction of sp³-hybridized carbons (Fsp3) is 0.278. The standard InChI is InChI=1S/C18H19F3N2O/c1-23(11-10-18(19,20)21)13-14-6-5-7-15(12-14)17(24)22-16-8-3-2-4-9-16/h2-9,12H,10-11,13H2,1H3,(H,22,24). The van der Waals surface area contributed by atoms with Crippen LogP contribution in [0.5, 0.6) is 0 Å². The van der Waals surface area contributed by atoms with E-state index in [1.54, 1.807) is 48.3 Å². The van der Waals surface area contributed by atoms with Crippen LogP contribution in [0.1, 0.15) is 22.3 Å². The Morgan fingerprint density at radius 2 is 1.79 bits per heavy atom. The van der Waals surface area contributed by atoms with Crippen molar-refractivity contribution in [3.8, 4) is 0 Å². The summed E-state index contributed by atoms with van der Waals surface area (Å²) in [6, 6.07) is 16.0. The summed E-state index contributed by atoms with van der Waals surface area (Å²) in [6.45, 7) is 0.270. The van der Waals surface area contributed by atoms with Crippen molar-refractivity contribution in [3.63, 3.8) is 0 Å². The number of amides is 1. The smallest absolute Gasteiger partial charge is 0.322 e. The lowest BCUT2D eigenvalue weighted by Crippen LogP contribution is -2.24. The van der Waals surface area contributed by atoms with Crippen LogP contribution in [0.3, 0.4) is 0 Å². The van der Waals surface area contributed by atoms with E-state index in [-0.39, 0.29) is 12.5 Å². The maximum atomic E-state index is 12.3. The SMILES string of the molecule is CN(CCC(F)(F)F)Cc1cccc(C(=O)Nc2ccccc2)c1. The molecule has 2 aromatic rings. The molecule has 2 rings (SSSR count). The van der Waals surface area contributed by atoms with Crippen molar-refractivity contribution in [2.75, 3.05) is 18.9 Å². The zero-order valence-corrected chi connectivity index (χ0v) is 13.3. The van der Waals surface area contributed by atoms with Gasteiger partial charge < -0.3 is 10.2 Å². The van der Waals surface area contributed by atoms with Gasteiger partial charge in [0.25, 0.3) is 5.91 Å². The summed E-state index contributed by atoms with van der Waals surface area (Å²) in [5.74, 6) is -0.249. The molecule has 0 saturated carbocycles. The number of nitrogens with one attached hydrogen (secondary N) is 1. The second kappa shape index (κ2) is 7.97. The molecule has 0 aliphatic heterocycles. The number of carbonyl (C=O) groups is 1. The number of hydrogen-bond donors (Lipinski definition) is 1. The van der Waals surface area contributed by atoms with Crippen molar-refractivity contribution in [3.05, 3.63) is 65.7 Å². The topological polar surface area (TPSA) is 32.3 Å². The summed E-state index contributed by atoms with van der Waals surface area (Å²) in [5, 5.41) is 2.78. The molecule has 1 amide bonds. The van der Waals surface area contributed by atoms with Crippen LogP contribution in [0.2, 0.25) is 0 Å². The molecule has 2 aromatic carbocycles. The molecule has 0 atom stereocenters. The van der Waals surface area contributed by atoms with E-state index in [9.17, 15) is 18.0 Å².